The third kappa shape index (κ3) is 8.61. The summed E-state index contributed by atoms with van der Waals surface area (Å²) in [7, 11) is 0. The number of nitrogens with one attached hydrogen (secondary N) is 1. The average molecular weight is 554 g/mol. The lowest BCUT2D eigenvalue weighted by molar-refractivity contribution is -0.141. The fourth-order valence-corrected chi connectivity index (χ4v) is 4.89. The molecule has 0 aromatic heterocycles. The van der Waals surface area contributed by atoms with E-state index in [1.807, 2.05) is 30.3 Å². The van der Waals surface area contributed by atoms with Crippen molar-refractivity contribution in [3.63, 3.8) is 0 Å². The standard InChI is InChI=1S/C32H38Cl2N2O2/c1-4-5-20-35-32(38)30(21-25-10-7-6-8-11-25)36(22-27-28(33)12-9-13-29(27)34)31(37)19-16-24-14-17-26(18-15-24)23(2)3/h6-15,17-18,23,30H,4-5,16,19-22H2,1-3H3,(H,35,38)/t30-/m1/s1. The molecule has 202 valence electrons. The number of hydrogen-bond donors (Lipinski definition) is 1. The lowest BCUT2D eigenvalue weighted by Crippen LogP contribution is -2.50. The van der Waals surface area contributed by atoms with E-state index in [2.05, 4.69) is 50.4 Å². The molecule has 0 saturated carbocycles. The Morgan fingerprint density at radius 2 is 1.53 bits per heavy atom. The summed E-state index contributed by atoms with van der Waals surface area (Å²) in [6, 6.07) is 22.8. The molecule has 6 heteroatoms. The Bertz CT molecular complexity index is 1160. The molecule has 4 nitrogen and oxygen atoms in total. The summed E-state index contributed by atoms with van der Waals surface area (Å²) >= 11 is 13.0. The summed E-state index contributed by atoms with van der Waals surface area (Å²) in [6.45, 7) is 7.12. The van der Waals surface area contributed by atoms with Gasteiger partial charge < -0.3 is 10.2 Å². The van der Waals surface area contributed by atoms with Gasteiger partial charge in [0.25, 0.3) is 0 Å². The van der Waals surface area contributed by atoms with Crippen molar-refractivity contribution in [1.29, 1.82) is 0 Å². The van der Waals surface area contributed by atoms with Gasteiger partial charge in [-0.15, -0.1) is 0 Å². The van der Waals surface area contributed by atoms with Gasteiger partial charge in [-0.05, 0) is 47.6 Å². The van der Waals surface area contributed by atoms with E-state index >= 15 is 0 Å². The number of unbranched alkanes of at least 4 members (excludes halogenated alkanes) is 1. The lowest BCUT2D eigenvalue weighted by Gasteiger charge is -2.32. The number of carbonyl (C=O) groups is 2. The number of carbonyl (C=O) groups excluding carboxylic acids is 2. The maximum atomic E-state index is 13.8. The maximum Gasteiger partial charge on any atom is 0.243 e. The Labute approximate surface area is 237 Å². The van der Waals surface area contributed by atoms with Gasteiger partial charge in [-0.1, -0.05) is 111 Å². The topological polar surface area (TPSA) is 49.4 Å². The molecule has 1 atom stereocenters. The molecule has 0 spiro atoms. The molecule has 0 heterocycles. The molecular formula is C32H38Cl2N2O2. The quantitative estimate of drug-likeness (QED) is 0.222. The van der Waals surface area contributed by atoms with Crippen LogP contribution in [0.1, 0.15) is 68.2 Å². The molecule has 0 unspecified atom stereocenters. The molecule has 0 fully saturated rings. The van der Waals surface area contributed by atoms with E-state index in [4.69, 9.17) is 23.2 Å². The maximum absolute atomic E-state index is 13.8. The molecule has 2 amide bonds. The van der Waals surface area contributed by atoms with E-state index in [1.165, 1.54) is 5.56 Å². The summed E-state index contributed by atoms with van der Waals surface area (Å²) in [4.78, 5) is 29.0. The zero-order chi connectivity index (χ0) is 27.5. The number of hydrogen-bond acceptors (Lipinski definition) is 2. The Hall–Kier alpha value is -2.82. The zero-order valence-corrected chi connectivity index (χ0v) is 24.1. The highest BCUT2D eigenvalue weighted by molar-refractivity contribution is 6.36. The minimum atomic E-state index is -0.697. The second-order valence-corrected chi connectivity index (χ2v) is 10.8. The Morgan fingerprint density at radius 1 is 0.868 bits per heavy atom. The molecule has 0 radical (unpaired) electrons. The van der Waals surface area contributed by atoms with Crippen LogP contribution in [0.5, 0.6) is 0 Å². The number of nitrogens with zero attached hydrogens (tertiary/aromatic N) is 1. The van der Waals surface area contributed by atoms with Crippen LogP contribution in [0.4, 0.5) is 0 Å². The molecule has 0 aliphatic heterocycles. The van der Waals surface area contributed by atoms with Crippen LogP contribution in [0, 0.1) is 0 Å². The van der Waals surface area contributed by atoms with E-state index < -0.39 is 6.04 Å². The van der Waals surface area contributed by atoms with E-state index in [-0.39, 0.29) is 24.8 Å². The van der Waals surface area contributed by atoms with Crippen LogP contribution in [-0.4, -0.2) is 29.3 Å². The van der Waals surface area contributed by atoms with Crippen LogP contribution < -0.4 is 5.32 Å². The third-order valence-electron chi connectivity index (χ3n) is 6.76. The van der Waals surface area contributed by atoms with E-state index in [0.29, 0.717) is 40.9 Å². The Kier molecular flexibility index (Phi) is 11.7. The highest BCUT2D eigenvalue weighted by Crippen LogP contribution is 2.28. The number of benzene rings is 3. The van der Waals surface area contributed by atoms with Gasteiger partial charge in [0, 0.05) is 41.5 Å². The van der Waals surface area contributed by atoms with Crippen molar-refractivity contribution in [3.05, 3.63) is 105 Å². The van der Waals surface area contributed by atoms with Gasteiger partial charge in [0.1, 0.15) is 6.04 Å². The first kappa shape index (κ1) is 29.7. The van der Waals surface area contributed by atoms with Crippen molar-refractivity contribution >= 4 is 35.0 Å². The Morgan fingerprint density at radius 3 is 2.13 bits per heavy atom. The average Bonchev–Trinajstić information content (AvgIpc) is 2.91. The summed E-state index contributed by atoms with van der Waals surface area (Å²) < 4.78 is 0. The predicted molar refractivity (Wildman–Crippen MR) is 158 cm³/mol. The van der Waals surface area contributed by atoms with Crippen LogP contribution in [0.2, 0.25) is 10.0 Å². The summed E-state index contributed by atoms with van der Waals surface area (Å²) in [5, 5.41) is 4.00. The minimum absolute atomic E-state index is 0.111. The molecule has 3 aromatic carbocycles. The third-order valence-corrected chi connectivity index (χ3v) is 7.47. The molecule has 3 rings (SSSR count). The zero-order valence-electron chi connectivity index (χ0n) is 22.6. The minimum Gasteiger partial charge on any atom is -0.354 e. The van der Waals surface area contributed by atoms with Gasteiger partial charge >= 0.3 is 0 Å². The smallest absolute Gasteiger partial charge is 0.243 e. The Balaban J connectivity index is 1.91. The van der Waals surface area contributed by atoms with Gasteiger partial charge in [-0.3, -0.25) is 9.59 Å². The summed E-state index contributed by atoms with van der Waals surface area (Å²) in [6.07, 6.45) is 3.10. The molecule has 0 bridgehead atoms. The molecule has 0 aliphatic carbocycles. The highest BCUT2D eigenvalue weighted by atomic mass is 35.5. The van der Waals surface area contributed by atoms with Crippen LogP contribution >= 0.6 is 23.2 Å². The van der Waals surface area contributed by atoms with Crippen LogP contribution in [0.15, 0.2) is 72.8 Å². The van der Waals surface area contributed by atoms with Gasteiger partial charge in [0.2, 0.25) is 11.8 Å². The van der Waals surface area contributed by atoms with Crippen molar-refractivity contribution in [1.82, 2.24) is 10.2 Å². The molecule has 3 aromatic rings. The summed E-state index contributed by atoms with van der Waals surface area (Å²) in [5.41, 5.74) is 3.98. The first-order valence-electron chi connectivity index (χ1n) is 13.4. The molecule has 38 heavy (non-hydrogen) atoms. The SMILES string of the molecule is CCCCNC(=O)[C@@H](Cc1ccccc1)N(Cc1c(Cl)cccc1Cl)C(=O)CCc1ccc(C(C)C)cc1. The van der Waals surface area contributed by atoms with Gasteiger partial charge in [0.15, 0.2) is 0 Å². The van der Waals surface area contributed by atoms with Crippen LogP contribution in [0.3, 0.4) is 0 Å². The van der Waals surface area contributed by atoms with Crippen molar-refractivity contribution in [3.8, 4) is 0 Å². The van der Waals surface area contributed by atoms with E-state index in [9.17, 15) is 9.59 Å². The largest absolute Gasteiger partial charge is 0.354 e. The lowest BCUT2D eigenvalue weighted by atomic mass is 9.99. The number of amides is 2. The van der Waals surface area contributed by atoms with Crippen molar-refractivity contribution in [2.75, 3.05) is 6.54 Å². The van der Waals surface area contributed by atoms with Gasteiger partial charge in [0.05, 0.1) is 0 Å². The number of rotatable bonds is 13. The molecule has 0 aliphatic rings. The van der Waals surface area contributed by atoms with Crippen molar-refractivity contribution in [2.24, 2.45) is 0 Å². The molecule has 1 N–H and O–H groups in total. The van der Waals surface area contributed by atoms with E-state index in [0.717, 1.165) is 24.0 Å². The van der Waals surface area contributed by atoms with E-state index in [1.54, 1.807) is 23.1 Å². The van der Waals surface area contributed by atoms with Crippen molar-refractivity contribution < 1.29 is 9.59 Å². The second kappa shape index (κ2) is 14.9. The molecular weight excluding hydrogens is 515 g/mol. The summed E-state index contributed by atoms with van der Waals surface area (Å²) in [5.74, 6) is 0.173. The molecule has 0 saturated heterocycles. The number of halogens is 2. The monoisotopic (exact) mass is 552 g/mol. The van der Waals surface area contributed by atoms with Crippen LogP contribution in [-0.2, 0) is 29.0 Å². The first-order chi connectivity index (χ1) is 18.3. The fraction of sp³-hybridized carbons (Fsp3) is 0.375. The number of aryl methyl sites for hydroxylation is 1. The van der Waals surface area contributed by atoms with Gasteiger partial charge in [-0.25, -0.2) is 0 Å². The fourth-order valence-electron chi connectivity index (χ4n) is 4.38. The van der Waals surface area contributed by atoms with Gasteiger partial charge in [-0.2, -0.15) is 0 Å². The normalized spacial score (nSPS) is 11.8. The first-order valence-corrected chi connectivity index (χ1v) is 14.2. The van der Waals surface area contributed by atoms with Crippen molar-refractivity contribution in [2.45, 2.75) is 71.4 Å². The second-order valence-electron chi connectivity index (χ2n) is 9.97. The highest BCUT2D eigenvalue weighted by Gasteiger charge is 2.31. The predicted octanol–water partition coefficient (Wildman–Crippen LogP) is 7.61. The van der Waals surface area contributed by atoms with Crippen LogP contribution in [0.25, 0.3) is 0 Å².